The van der Waals surface area contributed by atoms with Crippen LogP contribution >= 0.6 is 0 Å². The summed E-state index contributed by atoms with van der Waals surface area (Å²) in [6.45, 7) is 0.137. The number of rotatable bonds is 3. The number of ether oxygens (including phenoxy) is 2. The van der Waals surface area contributed by atoms with Gasteiger partial charge in [0.05, 0.1) is 11.0 Å². The zero-order valence-electron chi connectivity index (χ0n) is 10.8. The maximum Gasteiger partial charge on any atom is 0.323 e. The van der Waals surface area contributed by atoms with Gasteiger partial charge >= 0.3 is 5.97 Å². The molecule has 0 saturated heterocycles. The van der Waals surface area contributed by atoms with Crippen molar-refractivity contribution in [1.29, 1.82) is 0 Å². The molecule has 1 aliphatic heterocycles. The van der Waals surface area contributed by atoms with Gasteiger partial charge in [0.15, 0.2) is 11.5 Å². The van der Waals surface area contributed by atoms with Crippen LogP contribution < -0.4 is 9.47 Å². The molecule has 0 radical (unpaired) electrons. The summed E-state index contributed by atoms with van der Waals surface area (Å²) in [5, 5.41) is 9.13. The Morgan fingerprint density at radius 3 is 2.75 bits per heavy atom. The van der Waals surface area contributed by atoms with Crippen molar-refractivity contribution in [2.45, 2.75) is 31.7 Å². The van der Waals surface area contributed by atoms with Crippen molar-refractivity contribution in [3.05, 3.63) is 18.0 Å². The molecule has 1 aromatic carbocycles. The largest absolute Gasteiger partial charge is 0.480 e. The topological polar surface area (TPSA) is 73.6 Å². The van der Waals surface area contributed by atoms with E-state index in [4.69, 9.17) is 14.6 Å². The highest BCUT2D eigenvalue weighted by atomic mass is 16.7. The van der Waals surface area contributed by atoms with Crippen LogP contribution in [0.2, 0.25) is 0 Å². The summed E-state index contributed by atoms with van der Waals surface area (Å²) in [7, 11) is 0. The summed E-state index contributed by atoms with van der Waals surface area (Å²) in [4.78, 5) is 15.8. The number of aromatic nitrogens is 2. The zero-order valence-corrected chi connectivity index (χ0v) is 10.8. The van der Waals surface area contributed by atoms with Crippen molar-refractivity contribution < 1.29 is 19.4 Å². The molecule has 104 valence electrons. The lowest BCUT2D eigenvalue weighted by atomic mass is 9.85. The van der Waals surface area contributed by atoms with E-state index in [-0.39, 0.29) is 13.3 Å². The van der Waals surface area contributed by atoms with Crippen molar-refractivity contribution in [1.82, 2.24) is 9.55 Å². The van der Waals surface area contributed by atoms with Gasteiger partial charge in [0.25, 0.3) is 0 Å². The Labute approximate surface area is 114 Å². The summed E-state index contributed by atoms with van der Waals surface area (Å²) >= 11 is 0. The summed E-state index contributed by atoms with van der Waals surface area (Å²) < 4.78 is 12.5. The number of benzene rings is 1. The van der Waals surface area contributed by atoms with E-state index in [0.29, 0.717) is 17.4 Å². The van der Waals surface area contributed by atoms with Crippen molar-refractivity contribution in [2.24, 2.45) is 0 Å². The lowest BCUT2D eigenvalue weighted by Gasteiger charge is -2.25. The van der Waals surface area contributed by atoms with Gasteiger partial charge in [-0.3, -0.25) is 4.79 Å². The fourth-order valence-electron chi connectivity index (χ4n) is 2.81. The molecule has 0 spiro atoms. The normalized spacial score (nSPS) is 17.4. The summed E-state index contributed by atoms with van der Waals surface area (Å²) in [6.07, 6.45) is 3.34. The van der Waals surface area contributed by atoms with E-state index < -0.39 is 5.97 Å². The Bertz CT molecular complexity index is 703. The Balaban J connectivity index is 1.90. The monoisotopic (exact) mass is 274 g/mol. The lowest BCUT2D eigenvalue weighted by Crippen LogP contribution is -2.18. The predicted molar refractivity (Wildman–Crippen MR) is 70.1 cm³/mol. The maximum absolute atomic E-state index is 11.1. The lowest BCUT2D eigenvalue weighted by molar-refractivity contribution is -0.137. The number of imidazole rings is 1. The number of hydrogen-bond donors (Lipinski definition) is 1. The molecule has 1 saturated carbocycles. The highest BCUT2D eigenvalue weighted by Crippen LogP contribution is 2.40. The van der Waals surface area contributed by atoms with Gasteiger partial charge in [-0.05, 0) is 12.8 Å². The fourth-order valence-corrected chi connectivity index (χ4v) is 2.81. The van der Waals surface area contributed by atoms with Crippen LogP contribution in [0.3, 0.4) is 0 Å². The van der Waals surface area contributed by atoms with E-state index >= 15 is 0 Å². The molecule has 4 rings (SSSR count). The van der Waals surface area contributed by atoms with Crippen LogP contribution in [0.4, 0.5) is 0 Å². The van der Waals surface area contributed by atoms with Gasteiger partial charge in [-0.2, -0.15) is 0 Å². The van der Waals surface area contributed by atoms with Crippen LogP contribution in [0, 0.1) is 0 Å². The smallest absolute Gasteiger partial charge is 0.323 e. The average molecular weight is 274 g/mol. The van der Waals surface area contributed by atoms with Crippen molar-refractivity contribution in [3.63, 3.8) is 0 Å². The van der Waals surface area contributed by atoms with Gasteiger partial charge in [0, 0.05) is 18.1 Å². The Morgan fingerprint density at radius 1 is 1.35 bits per heavy atom. The minimum atomic E-state index is -0.859. The van der Waals surface area contributed by atoms with Crippen LogP contribution in [-0.2, 0) is 11.3 Å². The summed E-state index contributed by atoms with van der Waals surface area (Å²) in [5.41, 5.74) is 1.58. The summed E-state index contributed by atoms with van der Waals surface area (Å²) in [5.74, 6) is 1.72. The molecule has 0 bridgehead atoms. The van der Waals surface area contributed by atoms with Crippen LogP contribution in [0.5, 0.6) is 11.5 Å². The van der Waals surface area contributed by atoms with Gasteiger partial charge in [0.1, 0.15) is 12.4 Å². The van der Waals surface area contributed by atoms with Gasteiger partial charge in [-0.15, -0.1) is 0 Å². The predicted octanol–water partition coefficient (Wildman–Crippen LogP) is 2.12. The number of carboxylic acids is 1. The molecule has 1 N–H and O–H groups in total. The van der Waals surface area contributed by atoms with Crippen molar-refractivity contribution >= 4 is 17.0 Å². The average Bonchev–Trinajstić information content (AvgIpc) is 2.90. The maximum atomic E-state index is 11.1. The third-order valence-electron chi connectivity index (χ3n) is 4.04. The molecule has 1 fully saturated rings. The molecule has 0 amide bonds. The van der Waals surface area contributed by atoms with E-state index in [2.05, 4.69) is 4.98 Å². The van der Waals surface area contributed by atoms with Gasteiger partial charge in [-0.1, -0.05) is 6.42 Å². The van der Waals surface area contributed by atoms with Gasteiger partial charge in [-0.25, -0.2) is 4.98 Å². The molecular weight excluding hydrogens is 260 g/mol. The second-order valence-corrected chi connectivity index (χ2v) is 5.27. The third kappa shape index (κ3) is 1.64. The number of fused-ring (bicyclic) bond motifs is 2. The highest BCUT2D eigenvalue weighted by Gasteiger charge is 2.28. The first-order valence-electron chi connectivity index (χ1n) is 6.74. The molecule has 0 atom stereocenters. The van der Waals surface area contributed by atoms with E-state index in [0.717, 1.165) is 29.7 Å². The molecule has 1 aromatic heterocycles. The van der Waals surface area contributed by atoms with E-state index in [9.17, 15) is 4.79 Å². The zero-order chi connectivity index (χ0) is 13.7. The molecule has 0 unspecified atom stereocenters. The fraction of sp³-hybridized carbons (Fsp3) is 0.429. The van der Waals surface area contributed by atoms with Crippen LogP contribution in [0.1, 0.15) is 31.0 Å². The van der Waals surface area contributed by atoms with Gasteiger partial charge < -0.3 is 19.1 Å². The second kappa shape index (κ2) is 4.13. The first-order valence-corrected chi connectivity index (χ1v) is 6.74. The molecular formula is C14H14N2O4. The number of hydrogen-bond acceptors (Lipinski definition) is 4. The molecule has 2 heterocycles. The van der Waals surface area contributed by atoms with Crippen LogP contribution in [0.15, 0.2) is 12.1 Å². The quantitative estimate of drug-likeness (QED) is 0.928. The Kier molecular flexibility index (Phi) is 2.39. The Morgan fingerprint density at radius 2 is 2.10 bits per heavy atom. The van der Waals surface area contributed by atoms with Crippen LogP contribution in [0.25, 0.3) is 11.0 Å². The first kappa shape index (κ1) is 11.6. The highest BCUT2D eigenvalue weighted by molar-refractivity contribution is 5.82. The van der Waals surface area contributed by atoms with E-state index in [1.807, 2.05) is 12.1 Å². The third-order valence-corrected chi connectivity index (χ3v) is 4.04. The number of carbonyl (C=O) groups is 1. The minimum Gasteiger partial charge on any atom is -0.480 e. The van der Waals surface area contributed by atoms with Crippen LogP contribution in [-0.4, -0.2) is 27.4 Å². The standard InChI is InChI=1S/C14H14N2O4/c17-13(18)6-16-10-5-12-11(19-7-20-12)4-9(10)15-14(16)8-2-1-3-8/h4-5,8H,1-3,6-7H2,(H,17,18). The molecule has 6 heteroatoms. The second-order valence-electron chi connectivity index (χ2n) is 5.27. The molecule has 2 aliphatic rings. The molecule has 20 heavy (non-hydrogen) atoms. The minimum absolute atomic E-state index is 0.0675. The van der Waals surface area contributed by atoms with E-state index in [1.54, 1.807) is 4.57 Å². The number of carboxylic acid groups (broad SMARTS) is 1. The van der Waals surface area contributed by atoms with Gasteiger partial charge in [0.2, 0.25) is 6.79 Å². The number of aliphatic carboxylic acids is 1. The van der Waals surface area contributed by atoms with Crippen molar-refractivity contribution in [3.8, 4) is 11.5 Å². The first-order chi connectivity index (χ1) is 9.72. The molecule has 1 aliphatic carbocycles. The molecule has 6 nitrogen and oxygen atoms in total. The number of nitrogens with zero attached hydrogens (tertiary/aromatic N) is 2. The summed E-state index contributed by atoms with van der Waals surface area (Å²) in [6, 6.07) is 3.66. The SMILES string of the molecule is O=C(O)Cn1c(C2CCC2)nc2cc3c(cc21)OCO3. The van der Waals surface area contributed by atoms with Crippen molar-refractivity contribution in [2.75, 3.05) is 6.79 Å². The molecule has 2 aromatic rings. The van der Waals surface area contributed by atoms with E-state index in [1.165, 1.54) is 6.42 Å². The Hall–Kier alpha value is -2.24.